The van der Waals surface area contributed by atoms with Gasteiger partial charge in [-0.3, -0.25) is 13.9 Å². The molecule has 30 heavy (non-hydrogen) atoms. The molecular formula is C21H32N2O6S. The van der Waals surface area contributed by atoms with E-state index in [2.05, 4.69) is 0 Å². The molecule has 0 bridgehead atoms. The average Bonchev–Trinajstić information content (AvgIpc) is 2.72. The van der Waals surface area contributed by atoms with E-state index < -0.39 is 16.1 Å². The van der Waals surface area contributed by atoms with Gasteiger partial charge in [-0.25, -0.2) is 8.42 Å². The highest BCUT2D eigenvalue weighted by Gasteiger charge is 2.36. The molecule has 1 aliphatic rings. The number of amides is 1. The fraction of sp³-hybridized carbons (Fsp3) is 0.619. The Labute approximate surface area is 179 Å². The summed E-state index contributed by atoms with van der Waals surface area (Å²) in [5.74, 6) is -0.0655. The van der Waals surface area contributed by atoms with Crippen molar-refractivity contribution in [1.29, 1.82) is 0 Å². The number of rotatable bonds is 9. The van der Waals surface area contributed by atoms with E-state index >= 15 is 0 Å². The Bertz CT molecular complexity index is 816. The molecule has 1 unspecified atom stereocenters. The van der Waals surface area contributed by atoms with Crippen LogP contribution in [0.5, 0.6) is 5.75 Å². The zero-order chi connectivity index (χ0) is 22.3. The third kappa shape index (κ3) is 5.87. The summed E-state index contributed by atoms with van der Waals surface area (Å²) < 4.78 is 36.9. The molecule has 0 aromatic heterocycles. The number of esters is 1. The summed E-state index contributed by atoms with van der Waals surface area (Å²) in [7, 11) is -3.70. The van der Waals surface area contributed by atoms with Gasteiger partial charge in [0, 0.05) is 13.1 Å². The fourth-order valence-electron chi connectivity index (χ4n) is 3.71. The lowest BCUT2D eigenvalue weighted by Gasteiger charge is -2.37. The predicted molar refractivity (Wildman–Crippen MR) is 115 cm³/mol. The first kappa shape index (κ1) is 24.0. The van der Waals surface area contributed by atoms with Crippen LogP contribution >= 0.6 is 0 Å². The molecule has 0 aliphatic carbocycles. The molecule has 8 nitrogen and oxygen atoms in total. The highest BCUT2D eigenvalue weighted by atomic mass is 32.2. The zero-order valence-electron chi connectivity index (χ0n) is 18.2. The summed E-state index contributed by atoms with van der Waals surface area (Å²) in [4.78, 5) is 26.8. The van der Waals surface area contributed by atoms with Crippen molar-refractivity contribution in [3.8, 4) is 5.75 Å². The second-order valence-electron chi connectivity index (χ2n) is 7.26. The predicted octanol–water partition coefficient (Wildman–Crippen LogP) is 2.43. The summed E-state index contributed by atoms with van der Waals surface area (Å²) in [6.45, 7) is 7.07. The van der Waals surface area contributed by atoms with E-state index in [0.717, 1.165) is 6.26 Å². The first-order valence-corrected chi connectivity index (χ1v) is 12.2. The topological polar surface area (TPSA) is 93.2 Å². The van der Waals surface area contributed by atoms with Crippen molar-refractivity contribution in [2.75, 3.05) is 36.9 Å². The van der Waals surface area contributed by atoms with E-state index in [0.29, 0.717) is 57.0 Å². The third-order valence-electron chi connectivity index (χ3n) is 5.14. The molecule has 1 amide bonds. The zero-order valence-corrected chi connectivity index (χ0v) is 19.0. The summed E-state index contributed by atoms with van der Waals surface area (Å²) in [6, 6.07) is 5.83. The molecule has 168 valence electrons. The Morgan fingerprint density at radius 1 is 1.10 bits per heavy atom. The highest BCUT2D eigenvalue weighted by molar-refractivity contribution is 7.92. The Kier molecular flexibility index (Phi) is 8.52. The van der Waals surface area contributed by atoms with E-state index in [-0.39, 0.29) is 17.8 Å². The van der Waals surface area contributed by atoms with Gasteiger partial charge in [-0.1, -0.05) is 6.92 Å². The number of hydrogen-bond acceptors (Lipinski definition) is 6. The van der Waals surface area contributed by atoms with Gasteiger partial charge in [-0.15, -0.1) is 0 Å². The minimum absolute atomic E-state index is 0.216. The van der Waals surface area contributed by atoms with Gasteiger partial charge >= 0.3 is 5.97 Å². The van der Waals surface area contributed by atoms with Crippen molar-refractivity contribution in [2.24, 2.45) is 5.92 Å². The average molecular weight is 441 g/mol. The summed E-state index contributed by atoms with van der Waals surface area (Å²) in [5, 5.41) is 0. The molecule has 1 fully saturated rings. The number of sulfonamides is 1. The monoisotopic (exact) mass is 440 g/mol. The largest absolute Gasteiger partial charge is 0.494 e. The number of carbonyl (C=O) groups excluding carboxylic acids is 2. The molecule has 0 spiro atoms. The maximum atomic E-state index is 13.2. The van der Waals surface area contributed by atoms with Crippen LogP contribution in [0.25, 0.3) is 0 Å². The van der Waals surface area contributed by atoms with E-state index in [1.165, 1.54) is 4.31 Å². The molecule has 1 heterocycles. The molecule has 1 saturated heterocycles. The Hall–Kier alpha value is -2.29. The van der Waals surface area contributed by atoms with Crippen molar-refractivity contribution in [3.63, 3.8) is 0 Å². The van der Waals surface area contributed by atoms with Crippen LogP contribution in [0.2, 0.25) is 0 Å². The van der Waals surface area contributed by atoms with Crippen LogP contribution in [0.3, 0.4) is 0 Å². The first-order valence-electron chi connectivity index (χ1n) is 10.4. The number of anilines is 1. The van der Waals surface area contributed by atoms with Crippen molar-refractivity contribution in [1.82, 2.24) is 4.90 Å². The van der Waals surface area contributed by atoms with Gasteiger partial charge < -0.3 is 14.4 Å². The lowest BCUT2D eigenvalue weighted by molar-refractivity contribution is -0.151. The van der Waals surface area contributed by atoms with Crippen molar-refractivity contribution >= 4 is 27.6 Å². The number of nitrogens with zero attached hydrogens (tertiary/aromatic N) is 2. The molecule has 9 heteroatoms. The molecule has 0 saturated carbocycles. The maximum absolute atomic E-state index is 13.2. The van der Waals surface area contributed by atoms with Crippen LogP contribution < -0.4 is 9.04 Å². The quantitative estimate of drug-likeness (QED) is 0.548. The standard InChI is InChI=1S/C21H32N2O6S/c1-5-19(20(24)22-14-12-16(13-15-22)21(25)29-7-3)23(30(4,26)27)17-8-10-18(11-9-17)28-6-2/h8-11,16,19H,5-7,12-15H2,1-4H3. The number of piperidine rings is 1. The van der Waals surface area contributed by atoms with E-state index in [4.69, 9.17) is 9.47 Å². The van der Waals surface area contributed by atoms with Gasteiger partial charge in [0.15, 0.2) is 0 Å². The van der Waals surface area contributed by atoms with Crippen molar-refractivity contribution in [2.45, 2.75) is 46.1 Å². The SMILES string of the molecule is CCOC(=O)C1CCN(C(=O)C(CC)N(c2ccc(OCC)cc2)S(C)(=O)=O)CC1. The minimum atomic E-state index is -3.70. The van der Waals surface area contributed by atoms with Crippen LogP contribution in [0.1, 0.15) is 40.0 Å². The van der Waals surface area contributed by atoms with Crippen molar-refractivity contribution in [3.05, 3.63) is 24.3 Å². The maximum Gasteiger partial charge on any atom is 0.309 e. The van der Waals surface area contributed by atoms with Gasteiger partial charge in [-0.2, -0.15) is 0 Å². The van der Waals surface area contributed by atoms with Crippen LogP contribution in [0.4, 0.5) is 5.69 Å². The first-order chi connectivity index (χ1) is 14.2. The van der Waals surface area contributed by atoms with E-state index in [9.17, 15) is 18.0 Å². The number of carbonyl (C=O) groups is 2. The lowest BCUT2D eigenvalue weighted by atomic mass is 9.96. The van der Waals surface area contributed by atoms with Gasteiger partial charge in [0.25, 0.3) is 0 Å². The normalized spacial score (nSPS) is 16.1. The summed E-state index contributed by atoms with van der Waals surface area (Å²) >= 11 is 0. The van der Waals surface area contributed by atoms with Gasteiger partial charge in [0.1, 0.15) is 11.8 Å². The number of benzene rings is 1. The molecule has 1 aromatic carbocycles. The molecule has 0 N–H and O–H groups in total. The Morgan fingerprint density at radius 2 is 1.70 bits per heavy atom. The molecule has 2 rings (SSSR count). The van der Waals surface area contributed by atoms with Crippen LogP contribution in [0.15, 0.2) is 24.3 Å². The molecule has 1 aliphatic heterocycles. The third-order valence-corrected chi connectivity index (χ3v) is 6.32. The molecule has 1 aromatic rings. The van der Waals surface area contributed by atoms with Crippen LogP contribution in [-0.4, -0.2) is 63.8 Å². The molecular weight excluding hydrogens is 408 g/mol. The smallest absolute Gasteiger partial charge is 0.309 e. The van der Waals surface area contributed by atoms with Gasteiger partial charge in [-0.05, 0) is 57.4 Å². The Balaban J connectivity index is 2.19. The second-order valence-corrected chi connectivity index (χ2v) is 9.12. The van der Waals surface area contributed by atoms with E-state index in [1.54, 1.807) is 43.0 Å². The second kappa shape index (κ2) is 10.7. The summed E-state index contributed by atoms with van der Waals surface area (Å²) in [6.07, 6.45) is 2.47. The number of likely N-dealkylation sites (tertiary alicyclic amines) is 1. The lowest BCUT2D eigenvalue weighted by Crippen LogP contribution is -2.52. The van der Waals surface area contributed by atoms with Crippen molar-refractivity contribution < 1.29 is 27.5 Å². The van der Waals surface area contributed by atoms with Crippen LogP contribution in [-0.2, 0) is 24.3 Å². The highest BCUT2D eigenvalue weighted by Crippen LogP contribution is 2.27. The minimum Gasteiger partial charge on any atom is -0.494 e. The summed E-state index contributed by atoms with van der Waals surface area (Å²) in [5.41, 5.74) is 0.419. The van der Waals surface area contributed by atoms with Gasteiger partial charge in [0.05, 0.1) is 31.1 Å². The number of hydrogen-bond donors (Lipinski definition) is 0. The fourth-order valence-corrected chi connectivity index (χ4v) is 4.91. The molecule has 0 radical (unpaired) electrons. The molecule has 1 atom stereocenters. The van der Waals surface area contributed by atoms with Gasteiger partial charge in [0.2, 0.25) is 15.9 Å². The van der Waals surface area contributed by atoms with E-state index in [1.807, 2.05) is 6.92 Å². The Morgan fingerprint density at radius 3 is 2.17 bits per heavy atom. The number of ether oxygens (including phenoxy) is 2. The van der Waals surface area contributed by atoms with Crippen LogP contribution in [0, 0.1) is 5.92 Å².